The minimum atomic E-state index is -0.192. The molecule has 2 heterocycles. The number of hydrogen-bond acceptors (Lipinski definition) is 4. The van der Waals surface area contributed by atoms with Crippen LogP contribution in [-0.4, -0.2) is 16.8 Å². The van der Waals surface area contributed by atoms with Crippen LogP contribution in [0.3, 0.4) is 0 Å². The Bertz CT molecular complexity index is 375. The Hall–Kier alpha value is -1.23. The third kappa shape index (κ3) is 1.92. The van der Waals surface area contributed by atoms with E-state index in [1.54, 1.807) is 5.51 Å². The number of nitrogens with zero attached hydrogens (tertiary/aromatic N) is 1. The van der Waals surface area contributed by atoms with E-state index in [9.17, 15) is 9.59 Å². The molecule has 0 aromatic carbocycles. The Balaban J connectivity index is 2.27. The smallest absolute Gasteiger partial charge is 0.230 e. The van der Waals surface area contributed by atoms with Crippen molar-refractivity contribution in [2.45, 2.75) is 25.7 Å². The average molecular weight is 224 g/mol. The molecule has 15 heavy (non-hydrogen) atoms. The summed E-state index contributed by atoms with van der Waals surface area (Å²) in [7, 11) is 0. The van der Waals surface area contributed by atoms with Gasteiger partial charge in [0.25, 0.3) is 0 Å². The van der Waals surface area contributed by atoms with Gasteiger partial charge in [-0.1, -0.05) is 6.92 Å². The summed E-state index contributed by atoms with van der Waals surface area (Å²) in [5, 5.41) is 4.29. The van der Waals surface area contributed by atoms with Crippen molar-refractivity contribution in [2.75, 3.05) is 0 Å². The Morgan fingerprint density at radius 3 is 3.00 bits per heavy atom. The maximum atomic E-state index is 11.6. The lowest BCUT2D eigenvalue weighted by Crippen LogP contribution is -2.44. The molecule has 5 heteroatoms. The topological polar surface area (TPSA) is 59.1 Å². The molecule has 2 rings (SSSR count). The number of carbonyl (C=O) groups excluding carboxylic acids is 2. The molecule has 1 N–H and O–H groups in total. The molecule has 2 unspecified atom stereocenters. The molecular formula is C10H12N2O2S. The molecule has 0 spiro atoms. The number of imide groups is 1. The lowest BCUT2D eigenvalue weighted by Gasteiger charge is -2.27. The molecule has 0 aliphatic carbocycles. The summed E-state index contributed by atoms with van der Waals surface area (Å²) in [6, 6.07) is 0. The minimum absolute atomic E-state index is 0.0394. The summed E-state index contributed by atoms with van der Waals surface area (Å²) < 4.78 is 0. The van der Waals surface area contributed by atoms with E-state index >= 15 is 0 Å². The van der Waals surface area contributed by atoms with Gasteiger partial charge in [-0.15, -0.1) is 11.3 Å². The molecule has 4 nitrogen and oxygen atoms in total. The third-order valence-electron chi connectivity index (χ3n) is 2.76. The van der Waals surface area contributed by atoms with Crippen LogP contribution in [0.25, 0.3) is 0 Å². The highest BCUT2D eigenvalue weighted by molar-refractivity contribution is 7.07. The largest absolute Gasteiger partial charge is 0.296 e. The monoisotopic (exact) mass is 224 g/mol. The first-order chi connectivity index (χ1) is 7.22. The predicted molar refractivity (Wildman–Crippen MR) is 56.4 cm³/mol. The summed E-state index contributed by atoms with van der Waals surface area (Å²) in [5.74, 6) is -0.512. The number of rotatable bonds is 2. The molecule has 1 aromatic heterocycles. The van der Waals surface area contributed by atoms with Gasteiger partial charge in [0.15, 0.2) is 0 Å². The molecule has 1 fully saturated rings. The summed E-state index contributed by atoms with van der Waals surface area (Å²) in [5.41, 5.74) is 2.61. The number of piperidine rings is 1. The standard InChI is InChI=1S/C10H12N2O2S/c1-2-6-7(8-4-15-5-11-8)3-9(13)12-10(6)14/h4-7H,2-3H2,1H3,(H,12,13,14). The molecular weight excluding hydrogens is 212 g/mol. The molecule has 0 bridgehead atoms. The van der Waals surface area contributed by atoms with Crippen LogP contribution in [0.4, 0.5) is 0 Å². The van der Waals surface area contributed by atoms with Gasteiger partial charge in [0.1, 0.15) is 0 Å². The first-order valence-electron chi connectivity index (χ1n) is 4.94. The van der Waals surface area contributed by atoms with Crippen molar-refractivity contribution in [1.29, 1.82) is 0 Å². The van der Waals surface area contributed by atoms with Gasteiger partial charge in [-0.25, -0.2) is 4.98 Å². The van der Waals surface area contributed by atoms with Crippen LogP contribution in [0.5, 0.6) is 0 Å². The van der Waals surface area contributed by atoms with Crippen molar-refractivity contribution >= 4 is 23.2 Å². The van der Waals surface area contributed by atoms with E-state index in [0.29, 0.717) is 6.42 Å². The summed E-state index contributed by atoms with van der Waals surface area (Å²) in [6.07, 6.45) is 1.11. The van der Waals surface area contributed by atoms with Gasteiger partial charge in [-0.05, 0) is 6.42 Å². The molecule has 80 valence electrons. The van der Waals surface area contributed by atoms with Crippen LogP contribution in [0.1, 0.15) is 31.4 Å². The van der Waals surface area contributed by atoms with Crippen molar-refractivity contribution in [3.8, 4) is 0 Å². The van der Waals surface area contributed by atoms with Crippen molar-refractivity contribution in [3.63, 3.8) is 0 Å². The van der Waals surface area contributed by atoms with Gasteiger partial charge < -0.3 is 0 Å². The predicted octanol–water partition coefficient (Wildman–Crippen LogP) is 1.30. The van der Waals surface area contributed by atoms with E-state index in [1.807, 2.05) is 12.3 Å². The molecule has 0 radical (unpaired) electrons. The SMILES string of the molecule is CCC1C(=O)NC(=O)CC1c1cscn1. The van der Waals surface area contributed by atoms with Crippen molar-refractivity contribution in [1.82, 2.24) is 10.3 Å². The second kappa shape index (κ2) is 4.10. The second-order valence-electron chi connectivity index (χ2n) is 3.65. The van der Waals surface area contributed by atoms with Gasteiger partial charge >= 0.3 is 0 Å². The second-order valence-corrected chi connectivity index (χ2v) is 4.37. The van der Waals surface area contributed by atoms with Gasteiger partial charge in [-0.3, -0.25) is 14.9 Å². The average Bonchev–Trinajstić information content (AvgIpc) is 2.69. The van der Waals surface area contributed by atoms with Gasteiger partial charge in [0.05, 0.1) is 11.2 Å². The van der Waals surface area contributed by atoms with Crippen LogP contribution in [0.2, 0.25) is 0 Å². The maximum absolute atomic E-state index is 11.6. The Labute approximate surface area is 91.7 Å². The van der Waals surface area contributed by atoms with Crippen LogP contribution in [0, 0.1) is 5.92 Å². The van der Waals surface area contributed by atoms with E-state index in [4.69, 9.17) is 0 Å². The summed E-state index contributed by atoms with van der Waals surface area (Å²) >= 11 is 1.49. The number of hydrogen-bond donors (Lipinski definition) is 1. The fraction of sp³-hybridized carbons (Fsp3) is 0.500. The lowest BCUT2D eigenvalue weighted by molar-refractivity contribution is -0.137. The van der Waals surface area contributed by atoms with Crippen LogP contribution < -0.4 is 5.32 Å². The van der Waals surface area contributed by atoms with Crippen LogP contribution in [0.15, 0.2) is 10.9 Å². The van der Waals surface area contributed by atoms with Crippen LogP contribution in [-0.2, 0) is 9.59 Å². The van der Waals surface area contributed by atoms with Crippen LogP contribution >= 0.6 is 11.3 Å². The molecule has 2 atom stereocenters. The molecule has 1 aliphatic heterocycles. The highest BCUT2D eigenvalue weighted by Gasteiger charge is 2.36. The van der Waals surface area contributed by atoms with Crippen molar-refractivity contribution in [2.24, 2.45) is 5.92 Å². The summed E-state index contributed by atoms with van der Waals surface area (Å²) in [6.45, 7) is 1.96. The normalized spacial score (nSPS) is 26.5. The van der Waals surface area contributed by atoms with Gasteiger partial charge in [0.2, 0.25) is 11.8 Å². The maximum Gasteiger partial charge on any atom is 0.230 e. The quantitative estimate of drug-likeness (QED) is 0.770. The third-order valence-corrected chi connectivity index (χ3v) is 3.37. The van der Waals surface area contributed by atoms with Gasteiger partial charge in [0, 0.05) is 23.6 Å². The van der Waals surface area contributed by atoms with Crippen molar-refractivity contribution < 1.29 is 9.59 Å². The number of thiazole rings is 1. The minimum Gasteiger partial charge on any atom is -0.296 e. The fourth-order valence-electron chi connectivity index (χ4n) is 1.99. The molecule has 0 saturated carbocycles. The zero-order chi connectivity index (χ0) is 10.8. The molecule has 2 amide bonds. The number of aromatic nitrogens is 1. The zero-order valence-electron chi connectivity index (χ0n) is 8.40. The van der Waals surface area contributed by atoms with E-state index in [-0.39, 0.29) is 23.7 Å². The zero-order valence-corrected chi connectivity index (χ0v) is 9.21. The van der Waals surface area contributed by atoms with Gasteiger partial charge in [-0.2, -0.15) is 0 Å². The van der Waals surface area contributed by atoms with E-state index in [2.05, 4.69) is 10.3 Å². The number of amides is 2. The van der Waals surface area contributed by atoms with E-state index in [0.717, 1.165) is 12.1 Å². The number of carbonyl (C=O) groups is 2. The highest BCUT2D eigenvalue weighted by atomic mass is 32.1. The first kappa shape index (κ1) is 10.3. The highest BCUT2D eigenvalue weighted by Crippen LogP contribution is 2.32. The molecule has 1 aliphatic rings. The van der Waals surface area contributed by atoms with E-state index in [1.165, 1.54) is 11.3 Å². The summed E-state index contributed by atoms with van der Waals surface area (Å²) in [4.78, 5) is 27.1. The van der Waals surface area contributed by atoms with E-state index < -0.39 is 0 Å². The first-order valence-corrected chi connectivity index (χ1v) is 5.88. The Morgan fingerprint density at radius 2 is 2.40 bits per heavy atom. The fourth-order valence-corrected chi connectivity index (χ4v) is 2.61. The Morgan fingerprint density at radius 1 is 1.60 bits per heavy atom. The molecule has 1 aromatic rings. The van der Waals surface area contributed by atoms with Crippen molar-refractivity contribution in [3.05, 3.63) is 16.6 Å². The lowest BCUT2D eigenvalue weighted by atomic mass is 9.82. The number of nitrogens with one attached hydrogen (secondary N) is 1. The Kier molecular flexibility index (Phi) is 2.81. The molecule has 1 saturated heterocycles.